The summed E-state index contributed by atoms with van der Waals surface area (Å²) in [6.45, 7) is 24.9. The number of hydrogen-bond donors (Lipinski definition) is 1. The Balaban J connectivity index is 0. The van der Waals surface area contributed by atoms with E-state index in [2.05, 4.69) is 63.1 Å². The van der Waals surface area contributed by atoms with Gasteiger partial charge in [-0.25, -0.2) is 0 Å². The van der Waals surface area contributed by atoms with Crippen molar-refractivity contribution in [3.8, 4) is 0 Å². The SMILES string of the molecule is C=NC(C)CN(C)C(C)(C)C.C=NCC(C)N(O)C(C)(C)C. The molecule has 0 aromatic heterocycles. The lowest BCUT2D eigenvalue weighted by Crippen LogP contribution is -2.45. The molecule has 0 rings (SSSR count). The first kappa shape index (κ1) is 23.5. The highest BCUT2D eigenvalue weighted by Crippen LogP contribution is 2.13. The molecule has 22 heavy (non-hydrogen) atoms. The molecule has 0 aliphatic heterocycles. The Morgan fingerprint density at radius 2 is 1.45 bits per heavy atom. The number of hydrogen-bond acceptors (Lipinski definition) is 5. The lowest BCUT2D eigenvalue weighted by molar-refractivity contribution is -0.180. The Hall–Kier alpha value is -0.780. The molecule has 0 saturated carbocycles. The van der Waals surface area contributed by atoms with Crippen LogP contribution in [0, 0.1) is 0 Å². The maximum Gasteiger partial charge on any atom is 0.0591 e. The molecule has 0 aliphatic carbocycles. The average Bonchev–Trinajstić information content (AvgIpc) is 2.36. The van der Waals surface area contributed by atoms with Crippen LogP contribution in [0.15, 0.2) is 9.98 Å². The van der Waals surface area contributed by atoms with Gasteiger partial charge >= 0.3 is 0 Å². The largest absolute Gasteiger partial charge is 0.313 e. The van der Waals surface area contributed by atoms with Gasteiger partial charge in [0.2, 0.25) is 0 Å². The standard InChI is InChI=1S/C9H20N2.C8H18N2O/c1-8(10-5)7-11(6)9(2,3)4;1-7(6-9-5)10(11)8(2,3)4/h8H,5,7H2,1-4,6H3;7,11H,5-6H2,1-4H3. The molecule has 0 spiro atoms. The Bertz CT molecular complexity index is 318. The van der Waals surface area contributed by atoms with Gasteiger partial charge in [-0.3, -0.25) is 14.9 Å². The summed E-state index contributed by atoms with van der Waals surface area (Å²) in [4.78, 5) is 9.95. The van der Waals surface area contributed by atoms with Gasteiger partial charge in [-0.1, -0.05) is 0 Å². The van der Waals surface area contributed by atoms with E-state index in [4.69, 9.17) is 0 Å². The third kappa shape index (κ3) is 10.9. The van der Waals surface area contributed by atoms with Gasteiger partial charge in [0, 0.05) is 17.6 Å². The first-order valence-electron chi connectivity index (χ1n) is 7.85. The van der Waals surface area contributed by atoms with Crippen LogP contribution in [0.5, 0.6) is 0 Å². The van der Waals surface area contributed by atoms with Crippen molar-refractivity contribution in [1.29, 1.82) is 0 Å². The van der Waals surface area contributed by atoms with E-state index in [-0.39, 0.29) is 17.1 Å². The minimum Gasteiger partial charge on any atom is -0.313 e. The van der Waals surface area contributed by atoms with E-state index >= 15 is 0 Å². The summed E-state index contributed by atoms with van der Waals surface area (Å²) < 4.78 is 0. The summed E-state index contributed by atoms with van der Waals surface area (Å²) in [6, 6.07) is 0.367. The first-order chi connectivity index (χ1) is 9.77. The van der Waals surface area contributed by atoms with E-state index < -0.39 is 0 Å². The molecule has 5 heteroatoms. The Labute approximate surface area is 138 Å². The van der Waals surface area contributed by atoms with E-state index in [9.17, 15) is 5.21 Å². The average molecular weight is 315 g/mol. The van der Waals surface area contributed by atoms with Crippen LogP contribution in [-0.4, -0.2) is 71.9 Å². The predicted molar refractivity (Wildman–Crippen MR) is 98.7 cm³/mol. The van der Waals surface area contributed by atoms with Gasteiger partial charge in [-0.2, -0.15) is 5.06 Å². The highest BCUT2D eigenvalue weighted by molar-refractivity contribution is 5.24. The zero-order valence-corrected chi connectivity index (χ0v) is 16.2. The van der Waals surface area contributed by atoms with Crippen LogP contribution < -0.4 is 0 Å². The van der Waals surface area contributed by atoms with Crippen molar-refractivity contribution in [1.82, 2.24) is 9.96 Å². The predicted octanol–water partition coefficient (Wildman–Crippen LogP) is 3.37. The maximum absolute atomic E-state index is 9.53. The molecule has 0 aliphatic rings. The molecule has 132 valence electrons. The van der Waals surface area contributed by atoms with Crippen LogP contribution in [0.25, 0.3) is 0 Å². The molecular weight excluding hydrogens is 276 g/mol. The molecule has 1 N–H and O–H groups in total. The van der Waals surface area contributed by atoms with Gasteiger partial charge < -0.3 is 5.21 Å². The third-order valence-corrected chi connectivity index (χ3v) is 3.49. The minimum absolute atomic E-state index is 0.0347. The van der Waals surface area contributed by atoms with E-state index in [1.165, 1.54) is 5.06 Å². The molecule has 5 nitrogen and oxygen atoms in total. The van der Waals surface area contributed by atoms with E-state index in [1.54, 1.807) is 0 Å². The highest BCUT2D eigenvalue weighted by atomic mass is 16.5. The molecule has 0 aromatic rings. The minimum atomic E-state index is -0.218. The molecule has 0 saturated heterocycles. The second kappa shape index (κ2) is 10.1. The molecule has 0 fully saturated rings. The van der Waals surface area contributed by atoms with Crippen LogP contribution in [-0.2, 0) is 0 Å². The summed E-state index contributed by atoms with van der Waals surface area (Å²) in [5, 5.41) is 10.8. The smallest absolute Gasteiger partial charge is 0.0591 e. The summed E-state index contributed by atoms with van der Waals surface area (Å²) in [7, 11) is 2.11. The fourth-order valence-electron chi connectivity index (χ4n) is 1.65. The van der Waals surface area contributed by atoms with Crippen LogP contribution in [0.2, 0.25) is 0 Å². The van der Waals surface area contributed by atoms with Gasteiger partial charge in [-0.05, 0) is 75.9 Å². The molecule has 0 radical (unpaired) electrons. The van der Waals surface area contributed by atoms with Crippen molar-refractivity contribution in [2.45, 2.75) is 78.6 Å². The zero-order valence-electron chi connectivity index (χ0n) is 16.2. The third-order valence-electron chi connectivity index (χ3n) is 3.49. The molecule has 2 unspecified atom stereocenters. The normalized spacial score (nSPS) is 15.1. The van der Waals surface area contributed by atoms with Crippen molar-refractivity contribution >= 4 is 13.4 Å². The van der Waals surface area contributed by atoms with Gasteiger partial charge in [0.05, 0.1) is 18.6 Å². The molecular formula is C17H38N4O. The Morgan fingerprint density at radius 3 is 1.73 bits per heavy atom. The lowest BCUT2D eigenvalue weighted by atomic mass is 10.1. The maximum atomic E-state index is 9.53. The van der Waals surface area contributed by atoms with Gasteiger partial charge in [0.15, 0.2) is 0 Å². The number of rotatable bonds is 6. The molecule has 0 aromatic carbocycles. The van der Waals surface area contributed by atoms with Crippen molar-refractivity contribution in [3.05, 3.63) is 0 Å². The van der Waals surface area contributed by atoms with Crippen LogP contribution in [0.4, 0.5) is 0 Å². The van der Waals surface area contributed by atoms with Crippen molar-refractivity contribution < 1.29 is 5.21 Å². The van der Waals surface area contributed by atoms with E-state index in [1.807, 2.05) is 27.7 Å². The summed E-state index contributed by atoms with van der Waals surface area (Å²) in [5.41, 5.74) is 0.0169. The number of hydroxylamine groups is 2. The Kier molecular flexibility index (Phi) is 10.8. The molecule has 0 bridgehead atoms. The quantitative estimate of drug-likeness (QED) is 0.604. The highest BCUT2D eigenvalue weighted by Gasteiger charge is 2.23. The van der Waals surface area contributed by atoms with E-state index in [0.717, 1.165) is 6.54 Å². The Morgan fingerprint density at radius 1 is 1.00 bits per heavy atom. The van der Waals surface area contributed by atoms with Crippen LogP contribution in [0.1, 0.15) is 55.4 Å². The van der Waals surface area contributed by atoms with Crippen molar-refractivity contribution in [2.24, 2.45) is 9.98 Å². The van der Waals surface area contributed by atoms with Gasteiger partial charge in [0.1, 0.15) is 0 Å². The first-order valence-corrected chi connectivity index (χ1v) is 7.85. The topological polar surface area (TPSA) is 51.4 Å². The van der Waals surface area contributed by atoms with Crippen LogP contribution in [0.3, 0.4) is 0 Å². The second-order valence-corrected chi connectivity index (χ2v) is 7.85. The van der Waals surface area contributed by atoms with Crippen molar-refractivity contribution in [3.63, 3.8) is 0 Å². The fraction of sp³-hybridized carbons (Fsp3) is 0.882. The lowest BCUT2D eigenvalue weighted by Gasteiger charge is -2.33. The summed E-state index contributed by atoms with van der Waals surface area (Å²) in [5.74, 6) is 0. The van der Waals surface area contributed by atoms with Gasteiger partial charge in [-0.15, -0.1) is 0 Å². The van der Waals surface area contributed by atoms with Gasteiger partial charge in [0.25, 0.3) is 0 Å². The molecule has 0 amide bonds. The van der Waals surface area contributed by atoms with Crippen LogP contribution >= 0.6 is 0 Å². The molecule has 2 atom stereocenters. The van der Waals surface area contributed by atoms with E-state index in [0.29, 0.717) is 12.6 Å². The number of aliphatic imine (C=N–C) groups is 2. The van der Waals surface area contributed by atoms with Crippen molar-refractivity contribution in [2.75, 3.05) is 20.1 Å². The monoisotopic (exact) mass is 314 g/mol. The fourth-order valence-corrected chi connectivity index (χ4v) is 1.65. The number of nitrogens with zero attached hydrogens (tertiary/aromatic N) is 4. The molecule has 0 heterocycles. The zero-order chi connectivity index (χ0) is 18.1. The summed E-state index contributed by atoms with van der Waals surface area (Å²) in [6.07, 6.45) is 0. The second-order valence-electron chi connectivity index (χ2n) is 7.85. The summed E-state index contributed by atoms with van der Waals surface area (Å²) >= 11 is 0. The number of likely N-dealkylation sites (N-methyl/N-ethyl adjacent to an activating group) is 1.